The molecule has 0 radical (unpaired) electrons. The molecule has 14 heavy (non-hydrogen) atoms. The monoisotopic (exact) mass is 195 g/mol. The Hall–Kier alpha value is -0.970. The minimum atomic E-state index is 0.564. The van der Waals surface area contributed by atoms with Gasteiger partial charge in [-0.3, -0.25) is 0 Å². The van der Waals surface area contributed by atoms with Gasteiger partial charge in [-0.2, -0.15) is 4.80 Å². The summed E-state index contributed by atoms with van der Waals surface area (Å²) in [4.78, 5) is 1.68. The van der Waals surface area contributed by atoms with Crippen LogP contribution in [-0.2, 0) is 13.0 Å². The standard InChI is InChI=1S/C9H17N5/c1-2-6-14-12-9(11-13-14)7-8-4-3-5-10-8/h8,10H,2-7H2,1H3. The lowest BCUT2D eigenvalue weighted by Gasteiger charge is -2.04. The lowest BCUT2D eigenvalue weighted by molar-refractivity contribution is 0.510. The van der Waals surface area contributed by atoms with Crippen molar-refractivity contribution in [2.45, 2.75) is 45.2 Å². The van der Waals surface area contributed by atoms with E-state index in [-0.39, 0.29) is 0 Å². The van der Waals surface area contributed by atoms with Crippen molar-refractivity contribution >= 4 is 0 Å². The molecule has 78 valence electrons. The Kier molecular flexibility index (Phi) is 3.08. The lowest BCUT2D eigenvalue weighted by atomic mass is 10.1. The summed E-state index contributed by atoms with van der Waals surface area (Å²) in [5, 5.41) is 15.8. The normalized spacial score (nSPS) is 21.6. The summed E-state index contributed by atoms with van der Waals surface area (Å²) in [7, 11) is 0. The molecule has 1 saturated heterocycles. The Morgan fingerprint density at radius 3 is 3.21 bits per heavy atom. The molecule has 0 aromatic carbocycles. The Bertz CT molecular complexity index is 276. The second kappa shape index (κ2) is 4.50. The van der Waals surface area contributed by atoms with Crippen molar-refractivity contribution in [1.29, 1.82) is 0 Å². The van der Waals surface area contributed by atoms with Crippen LogP contribution in [0.1, 0.15) is 32.0 Å². The zero-order valence-electron chi connectivity index (χ0n) is 8.61. The predicted molar refractivity (Wildman–Crippen MR) is 52.8 cm³/mol. The number of aryl methyl sites for hydroxylation is 1. The van der Waals surface area contributed by atoms with Gasteiger partial charge in [0.2, 0.25) is 0 Å². The van der Waals surface area contributed by atoms with Crippen molar-refractivity contribution in [2.24, 2.45) is 0 Å². The molecule has 5 heteroatoms. The van der Waals surface area contributed by atoms with E-state index in [2.05, 4.69) is 27.7 Å². The van der Waals surface area contributed by atoms with Crippen LogP contribution in [0.15, 0.2) is 0 Å². The van der Waals surface area contributed by atoms with Crippen molar-refractivity contribution in [2.75, 3.05) is 6.54 Å². The highest BCUT2D eigenvalue weighted by Gasteiger charge is 2.16. The van der Waals surface area contributed by atoms with Crippen LogP contribution in [0.2, 0.25) is 0 Å². The molecule has 0 spiro atoms. The molecular weight excluding hydrogens is 178 g/mol. The third-order valence-electron chi connectivity index (χ3n) is 2.51. The number of nitrogens with one attached hydrogen (secondary N) is 1. The van der Waals surface area contributed by atoms with Crippen LogP contribution in [0.4, 0.5) is 0 Å². The maximum atomic E-state index is 4.32. The van der Waals surface area contributed by atoms with E-state index in [1.54, 1.807) is 4.80 Å². The van der Waals surface area contributed by atoms with Gasteiger partial charge in [0.25, 0.3) is 0 Å². The van der Waals surface area contributed by atoms with Gasteiger partial charge in [-0.1, -0.05) is 6.92 Å². The topological polar surface area (TPSA) is 55.6 Å². The van der Waals surface area contributed by atoms with Crippen molar-refractivity contribution in [3.63, 3.8) is 0 Å². The van der Waals surface area contributed by atoms with E-state index in [1.165, 1.54) is 12.8 Å². The highest BCUT2D eigenvalue weighted by molar-refractivity contribution is 4.87. The molecule has 1 aromatic heterocycles. The van der Waals surface area contributed by atoms with Crippen LogP contribution in [-0.4, -0.2) is 32.8 Å². The first-order chi connectivity index (χ1) is 6.88. The molecule has 0 bridgehead atoms. The van der Waals surface area contributed by atoms with E-state index in [1.807, 2.05) is 0 Å². The van der Waals surface area contributed by atoms with Crippen molar-refractivity contribution in [3.8, 4) is 0 Å². The van der Waals surface area contributed by atoms with Gasteiger partial charge < -0.3 is 5.32 Å². The molecule has 1 atom stereocenters. The van der Waals surface area contributed by atoms with E-state index in [4.69, 9.17) is 0 Å². The highest BCUT2D eigenvalue weighted by atomic mass is 15.6. The van der Waals surface area contributed by atoms with Gasteiger partial charge in [-0.15, -0.1) is 10.2 Å². The minimum Gasteiger partial charge on any atom is -0.314 e. The molecular formula is C9H17N5. The molecule has 1 aliphatic heterocycles. The van der Waals surface area contributed by atoms with Gasteiger partial charge in [-0.25, -0.2) is 0 Å². The van der Waals surface area contributed by atoms with Crippen molar-refractivity contribution in [1.82, 2.24) is 25.5 Å². The van der Waals surface area contributed by atoms with Gasteiger partial charge >= 0.3 is 0 Å². The van der Waals surface area contributed by atoms with Crippen LogP contribution in [0, 0.1) is 0 Å². The first kappa shape index (κ1) is 9.58. The molecule has 0 saturated carbocycles. The molecule has 1 fully saturated rings. The first-order valence-electron chi connectivity index (χ1n) is 5.38. The number of nitrogens with zero attached hydrogens (tertiary/aromatic N) is 4. The van der Waals surface area contributed by atoms with Gasteiger partial charge in [0.05, 0.1) is 6.54 Å². The molecule has 1 unspecified atom stereocenters. The van der Waals surface area contributed by atoms with Crippen LogP contribution in [0.3, 0.4) is 0 Å². The molecule has 2 heterocycles. The molecule has 1 N–H and O–H groups in total. The highest BCUT2D eigenvalue weighted by Crippen LogP contribution is 2.08. The maximum absolute atomic E-state index is 4.32. The van der Waals surface area contributed by atoms with Crippen LogP contribution in [0.25, 0.3) is 0 Å². The van der Waals surface area contributed by atoms with E-state index in [9.17, 15) is 0 Å². The van der Waals surface area contributed by atoms with Crippen molar-refractivity contribution in [3.05, 3.63) is 5.82 Å². The molecule has 0 aliphatic carbocycles. The average molecular weight is 195 g/mol. The van der Waals surface area contributed by atoms with Gasteiger partial charge in [0.1, 0.15) is 0 Å². The molecule has 2 rings (SSSR count). The van der Waals surface area contributed by atoms with Crippen LogP contribution < -0.4 is 5.32 Å². The van der Waals surface area contributed by atoms with Crippen LogP contribution >= 0.6 is 0 Å². The zero-order chi connectivity index (χ0) is 9.80. The molecule has 1 aliphatic rings. The summed E-state index contributed by atoms with van der Waals surface area (Å²) < 4.78 is 0. The smallest absolute Gasteiger partial charge is 0.176 e. The largest absolute Gasteiger partial charge is 0.314 e. The quantitative estimate of drug-likeness (QED) is 0.754. The second-order valence-corrected chi connectivity index (χ2v) is 3.80. The third kappa shape index (κ3) is 2.29. The second-order valence-electron chi connectivity index (χ2n) is 3.80. The van der Waals surface area contributed by atoms with E-state index in [0.717, 1.165) is 31.8 Å². The van der Waals surface area contributed by atoms with Gasteiger partial charge in [-0.05, 0) is 31.0 Å². The van der Waals surface area contributed by atoms with Crippen LogP contribution in [0.5, 0.6) is 0 Å². The number of aromatic nitrogens is 4. The third-order valence-corrected chi connectivity index (χ3v) is 2.51. The van der Waals surface area contributed by atoms with Gasteiger partial charge in [0.15, 0.2) is 5.82 Å². The fraction of sp³-hybridized carbons (Fsp3) is 0.889. The average Bonchev–Trinajstić information content (AvgIpc) is 2.79. The molecule has 5 nitrogen and oxygen atoms in total. The maximum Gasteiger partial charge on any atom is 0.176 e. The summed E-state index contributed by atoms with van der Waals surface area (Å²) in [5.74, 6) is 0.873. The first-order valence-corrected chi connectivity index (χ1v) is 5.38. The SMILES string of the molecule is CCCn1nnc(CC2CCCN2)n1. The Morgan fingerprint density at radius 1 is 1.57 bits per heavy atom. The molecule has 0 amide bonds. The van der Waals surface area contributed by atoms with E-state index < -0.39 is 0 Å². The summed E-state index contributed by atoms with van der Waals surface area (Å²) in [6.45, 7) is 4.11. The Balaban J connectivity index is 1.88. The minimum absolute atomic E-state index is 0.564. The van der Waals surface area contributed by atoms with Crippen molar-refractivity contribution < 1.29 is 0 Å². The lowest BCUT2D eigenvalue weighted by Crippen LogP contribution is -2.24. The summed E-state index contributed by atoms with van der Waals surface area (Å²) >= 11 is 0. The fourth-order valence-electron chi connectivity index (χ4n) is 1.80. The number of tetrazole rings is 1. The van der Waals surface area contributed by atoms with E-state index >= 15 is 0 Å². The fourth-order valence-corrected chi connectivity index (χ4v) is 1.80. The summed E-state index contributed by atoms with van der Waals surface area (Å²) in [6.07, 6.45) is 4.48. The summed E-state index contributed by atoms with van der Waals surface area (Å²) in [6, 6.07) is 0.564. The zero-order valence-corrected chi connectivity index (χ0v) is 8.61. The number of rotatable bonds is 4. The van der Waals surface area contributed by atoms with E-state index in [0.29, 0.717) is 6.04 Å². The molecule has 1 aromatic rings. The Labute approximate surface area is 83.9 Å². The number of hydrogen-bond acceptors (Lipinski definition) is 4. The number of hydrogen-bond donors (Lipinski definition) is 1. The predicted octanol–water partition coefficient (Wildman–Crippen LogP) is 0.378. The summed E-state index contributed by atoms with van der Waals surface area (Å²) in [5.41, 5.74) is 0. The Morgan fingerprint density at radius 2 is 2.50 bits per heavy atom. The van der Waals surface area contributed by atoms with Gasteiger partial charge in [0, 0.05) is 12.5 Å².